The van der Waals surface area contributed by atoms with Gasteiger partial charge in [-0.15, -0.1) is 0 Å². The molecule has 0 aliphatic carbocycles. The average Bonchev–Trinajstić information content (AvgIpc) is 2.45. The summed E-state index contributed by atoms with van der Waals surface area (Å²) in [7, 11) is 0. The Kier molecular flexibility index (Phi) is 8.68. The molecule has 0 unspecified atom stereocenters. The lowest BCUT2D eigenvalue weighted by molar-refractivity contribution is 0.283. The third-order valence-electron chi connectivity index (χ3n) is 3.48. The lowest BCUT2D eigenvalue weighted by Gasteiger charge is -2.08. The SMILES string of the molecule is CCCCCCCCCCCOc1cccc(O)c1O. The molecule has 0 atom stereocenters. The van der Waals surface area contributed by atoms with E-state index in [1.807, 2.05) is 0 Å². The first-order valence-electron chi connectivity index (χ1n) is 7.89. The van der Waals surface area contributed by atoms with E-state index in [2.05, 4.69) is 6.92 Å². The first-order chi connectivity index (χ1) is 9.75. The minimum atomic E-state index is -0.163. The second kappa shape index (κ2) is 10.4. The minimum Gasteiger partial charge on any atom is -0.504 e. The highest BCUT2D eigenvalue weighted by atomic mass is 16.5. The van der Waals surface area contributed by atoms with Crippen molar-refractivity contribution in [3.8, 4) is 17.2 Å². The molecular formula is C17H28O3. The van der Waals surface area contributed by atoms with E-state index < -0.39 is 0 Å². The van der Waals surface area contributed by atoms with E-state index in [9.17, 15) is 10.2 Å². The molecule has 0 radical (unpaired) electrons. The van der Waals surface area contributed by atoms with Crippen molar-refractivity contribution >= 4 is 0 Å². The van der Waals surface area contributed by atoms with Crippen LogP contribution in [0.3, 0.4) is 0 Å². The Morgan fingerprint density at radius 1 is 0.850 bits per heavy atom. The number of phenolic OH excluding ortho intramolecular Hbond substituents is 2. The topological polar surface area (TPSA) is 49.7 Å². The van der Waals surface area contributed by atoms with Gasteiger partial charge >= 0.3 is 0 Å². The first-order valence-corrected chi connectivity index (χ1v) is 7.89. The summed E-state index contributed by atoms with van der Waals surface area (Å²) in [4.78, 5) is 0. The zero-order valence-electron chi connectivity index (χ0n) is 12.6. The Hall–Kier alpha value is -1.38. The maximum Gasteiger partial charge on any atom is 0.200 e. The van der Waals surface area contributed by atoms with Gasteiger partial charge in [0.2, 0.25) is 5.75 Å². The molecule has 1 aromatic rings. The van der Waals surface area contributed by atoms with Gasteiger partial charge in [0.1, 0.15) is 0 Å². The van der Waals surface area contributed by atoms with Gasteiger partial charge in [0.15, 0.2) is 11.5 Å². The Balaban J connectivity index is 1.98. The largest absolute Gasteiger partial charge is 0.504 e. The van der Waals surface area contributed by atoms with Gasteiger partial charge in [-0.2, -0.15) is 0 Å². The van der Waals surface area contributed by atoms with Crippen molar-refractivity contribution in [2.24, 2.45) is 0 Å². The van der Waals surface area contributed by atoms with E-state index in [1.165, 1.54) is 51.0 Å². The summed E-state index contributed by atoms with van der Waals surface area (Å²) in [5.74, 6) is 0.0718. The Morgan fingerprint density at radius 3 is 2.10 bits per heavy atom. The molecular weight excluding hydrogens is 252 g/mol. The molecule has 114 valence electrons. The predicted molar refractivity (Wildman–Crippen MR) is 82.5 cm³/mol. The molecule has 0 spiro atoms. The molecule has 0 bridgehead atoms. The van der Waals surface area contributed by atoms with Crippen LogP contribution in [0.5, 0.6) is 17.2 Å². The van der Waals surface area contributed by atoms with Crippen LogP contribution in [0, 0.1) is 0 Å². The van der Waals surface area contributed by atoms with Gasteiger partial charge in [-0.3, -0.25) is 0 Å². The Labute approximate surface area is 122 Å². The third-order valence-corrected chi connectivity index (χ3v) is 3.48. The molecule has 20 heavy (non-hydrogen) atoms. The van der Waals surface area contributed by atoms with Crippen LogP contribution in [0.1, 0.15) is 64.7 Å². The number of rotatable bonds is 11. The van der Waals surface area contributed by atoms with Crippen molar-refractivity contribution < 1.29 is 14.9 Å². The average molecular weight is 280 g/mol. The van der Waals surface area contributed by atoms with Crippen LogP contribution in [0.25, 0.3) is 0 Å². The van der Waals surface area contributed by atoms with Crippen LogP contribution in [-0.2, 0) is 0 Å². The van der Waals surface area contributed by atoms with Crippen molar-refractivity contribution in [3.63, 3.8) is 0 Å². The van der Waals surface area contributed by atoms with Crippen LogP contribution < -0.4 is 4.74 Å². The van der Waals surface area contributed by atoms with E-state index in [0.29, 0.717) is 12.4 Å². The van der Waals surface area contributed by atoms with E-state index in [4.69, 9.17) is 4.74 Å². The fraction of sp³-hybridized carbons (Fsp3) is 0.647. The van der Waals surface area contributed by atoms with E-state index >= 15 is 0 Å². The number of benzene rings is 1. The molecule has 0 aliphatic heterocycles. The summed E-state index contributed by atoms with van der Waals surface area (Å²) in [6, 6.07) is 4.78. The molecule has 0 fully saturated rings. The number of hydrogen-bond acceptors (Lipinski definition) is 3. The maximum absolute atomic E-state index is 9.57. The highest BCUT2D eigenvalue weighted by molar-refractivity contribution is 5.48. The number of aromatic hydroxyl groups is 2. The van der Waals surface area contributed by atoms with Gasteiger partial charge in [-0.1, -0.05) is 64.4 Å². The molecule has 0 heterocycles. The summed E-state index contributed by atoms with van der Waals surface area (Å²) < 4.78 is 5.47. The molecule has 0 aliphatic rings. The zero-order valence-corrected chi connectivity index (χ0v) is 12.6. The summed E-state index contributed by atoms with van der Waals surface area (Å²) in [5, 5.41) is 18.9. The molecule has 3 heteroatoms. The van der Waals surface area contributed by atoms with Gasteiger partial charge in [-0.05, 0) is 18.6 Å². The zero-order chi connectivity index (χ0) is 14.6. The van der Waals surface area contributed by atoms with Gasteiger partial charge in [0.25, 0.3) is 0 Å². The van der Waals surface area contributed by atoms with Crippen molar-refractivity contribution in [1.82, 2.24) is 0 Å². The van der Waals surface area contributed by atoms with E-state index in [-0.39, 0.29) is 11.5 Å². The number of unbranched alkanes of at least 4 members (excludes halogenated alkanes) is 8. The first kappa shape index (κ1) is 16.7. The third kappa shape index (κ3) is 6.69. The van der Waals surface area contributed by atoms with Gasteiger partial charge in [0, 0.05) is 0 Å². The van der Waals surface area contributed by atoms with Gasteiger partial charge < -0.3 is 14.9 Å². The number of phenols is 2. The fourth-order valence-electron chi connectivity index (χ4n) is 2.22. The summed E-state index contributed by atoms with van der Waals surface area (Å²) in [6.07, 6.45) is 11.5. The molecule has 0 aromatic heterocycles. The van der Waals surface area contributed by atoms with Crippen LogP contribution in [-0.4, -0.2) is 16.8 Å². The van der Waals surface area contributed by atoms with E-state index in [0.717, 1.165) is 12.8 Å². The van der Waals surface area contributed by atoms with Crippen LogP contribution >= 0.6 is 0 Å². The summed E-state index contributed by atoms with van der Waals surface area (Å²) in [5.41, 5.74) is 0. The molecule has 1 aromatic carbocycles. The van der Waals surface area contributed by atoms with Crippen LogP contribution in [0.4, 0.5) is 0 Å². The van der Waals surface area contributed by atoms with Gasteiger partial charge in [0.05, 0.1) is 6.61 Å². The van der Waals surface area contributed by atoms with Crippen LogP contribution in [0.15, 0.2) is 18.2 Å². The molecule has 0 saturated carbocycles. The monoisotopic (exact) mass is 280 g/mol. The van der Waals surface area contributed by atoms with Crippen molar-refractivity contribution in [2.45, 2.75) is 64.7 Å². The minimum absolute atomic E-state index is 0.130. The van der Waals surface area contributed by atoms with Gasteiger partial charge in [-0.25, -0.2) is 0 Å². The Morgan fingerprint density at radius 2 is 1.45 bits per heavy atom. The van der Waals surface area contributed by atoms with Crippen molar-refractivity contribution in [3.05, 3.63) is 18.2 Å². The second-order valence-corrected chi connectivity index (χ2v) is 5.30. The highest BCUT2D eigenvalue weighted by Gasteiger charge is 2.05. The molecule has 0 amide bonds. The lowest BCUT2D eigenvalue weighted by atomic mass is 10.1. The normalized spacial score (nSPS) is 10.7. The molecule has 2 N–H and O–H groups in total. The number of hydrogen-bond donors (Lipinski definition) is 2. The summed E-state index contributed by atoms with van der Waals surface area (Å²) in [6.45, 7) is 2.83. The second-order valence-electron chi connectivity index (χ2n) is 5.30. The number of ether oxygens (including phenoxy) is 1. The summed E-state index contributed by atoms with van der Waals surface area (Å²) >= 11 is 0. The molecule has 3 nitrogen and oxygen atoms in total. The van der Waals surface area contributed by atoms with Crippen molar-refractivity contribution in [1.29, 1.82) is 0 Å². The lowest BCUT2D eigenvalue weighted by Crippen LogP contribution is -1.97. The molecule has 0 saturated heterocycles. The standard InChI is InChI=1S/C17H28O3/c1-2-3-4-5-6-7-8-9-10-14-20-16-13-11-12-15(18)17(16)19/h11-13,18-19H,2-10,14H2,1H3. The fourth-order valence-corrected chi connectivity index (χ4v) is 2.22. The highest BCUT2D eigenvalue weighted by Crippen LogP contribution is 2.34. The number of para-hydroxylation sites is 1. The molecule has 1 rings (SSSR count). The van der Waals surface area contributed by atoms with Crippen LogP contribution in [0.2, 0.25) is 0 Å². The van der Waals surface area contributed by atoms with Crippen molar-refractivity contribution in [2.75, 3.05) is 6.61 Å². The maximum atomic E-state index is 9.57. The quantitative estimate of drug-likeness (QED) is 0.442. The Bertz CT molecular complexity index is 363. The predicted octanol–water partition coefficient (Wildman–Crippen LogP) is 5.01. The van der Waals surface area contributed by atoms with E-state index in [1.54, 1.807) is 12.1 Å². The smallest absolute Gasteiger partial charge is 0.200 e.